The third-order valence-corrected chi connectivity index (χ3v) is 3.53. The summed E-state index contributed by atoms with van der Waals surface area (Å²) in [6.45, 7) is 0. The molecule has 1 unspecified atom stereocenters. The van der Waals surface area contributed by atoms with Gasteiger partial charge in [-0.15, -0.1) is 0 Å². The fourth-order valence-corrected chi connectivity index (χ4v) is 2.33. The first kappa shape index (κ1) is 15.9. The van der Waals surface area contributed by atoms with E-state index in [-0.39, 0.29) is 0 Å². The second kappa shape index (κ2) is 6.07. The molecule has 0 saturated heterocycles. The molecule has 1 atom stereocenters. The zero-order valence-electron chi connectivity index (χ0n) is 11.0. The van der Waals surface area contributed by atoms with Gasteiger partial charge < -0.3 is 9.84 Å². The minimum atomic E-state index is -4.39. The number of hydrogen-bond acceptors (Lipinski definition) is 2. The van der Waals surface area contributed by atoms with E-state index >= 15 is 0 Å². The SMILES string of the molecule is COc1ccc(Br)cc1C(O)c1ccc(C(F)(F)F)cc1. The number of benzene rings is 2. The van der Waals surface area contributed by atoms with Crippen molar-refractivity contribution in [2.24, 2.45) is 0 Å². The van der Waals surface area contributed by atoms with Gasteiger partial charge in [0.15, 0.2) is 0 Å². The molecule has 0 heterocycles. The van der Waals surface area contributed by atoms with Crippen LogP contribution in [0.4, 0.5) is 13.2 Å². The van der Waals surface area contributed by atoms with Crippen LogP contribution < -0.4 is 4.74 Å². The van der Waals surface area contributed by atoms with E-state index in [1.807, 2.05) is 0 Å². The Hall–Kier alpha value is -1.53. The zero-order valence-corrected chi connectivity index (χ0v) is 12.6. The highest BCUT2D eigenvalue weighted by molar-refractivity contribution is 9.10. The second-order valence-electron chi connectivity index (χ2n) is 4.41. The number of alkyl halides is 3. The van der Waals surface area contributed by atoms with Crippen molar-refractivity contribution in [3.05, 3.63) is 63.6 Å². The Kier molecular flexibility index (Phi) is 4.58. The van der Waals surface area contributed by atoms with Gasteiger partial charge in [0.05, 0.1) is 12.7 Å². The van der Waals surface area contributed by atoms with Gasteiger partial charge in [0, 0.05) is 10.0 Å². The van der Waals surface area contributed by atoms with Gasteiger partial charge in [-0.2, -0.15) is 13.2 Å². The predicted octanol–water partition coefficient (Wildman–Crippen LogP) is 4.56. The molecule has 112 valence electrons. The van der Waals surface area contributed by atoms with Crippen LogP contribution in [0, 0.1) is 0 Å². The molecule has 2 aromatic carbocycles. The van der Waals surface area contributed by atoms with Gasteiger partial charge in [-0.25, -0.2) is 0 Å². The monoisotopic (exact) mass is 360 g/mol. The average Bonchev–Trinajstić information content (AvgIpc) is 2.45. The number of hydrogen-bond donors (Lipinski definition) is 1. The summed E-state index contributed by atoms with van der Waals surface area (Å²) in [4.78, 5) is 0. The summed E-state index contributed by atoms with van der Waals surface area (Å²) < 4.78 is 43.5. The number of aliphatic hydroxyl groups is 1. The van der Waals surface area contributed by atoms with E-state index in [1.54, 1.807) is 18.2 Å². The third kappa shape index (κ3) is 3.57. The van der Waals surface area contributed by atoms with Crippen LogP contribution in [0.5, 0.6) is 5.75 Å². The smallest absolute Gasteiger partial charge is 0.416 e. The molecule has 0 fully saturated rings. The molecule has 2 rings (SSSR count). The number of aliphatic hydroxyl groups excluding tert-OH is 1. The first-order valence-electron chi connectivity index (χ1n) is 6.01. The van der Waals surface area contributed by atoms with Crippen LogP contribution in [-0.2, 0) is 6.18 Å². The highest BCUT2D eigenvalue weighted by Crippen LogP contribution is 2.34. The van der Waals surface area contributed by atoms with Gasteiger partial charge in [-0.3, -0.25) is 0 Å². The van der Waals surface area contributed by atoms with Crippen LogP contribution in [0.3, 0.4) is 0 Å². The van der Waals surface area contributed by atoms with Gasteiger partial charge in [0.25, 0.3) is 0 Å². The van der Waals surface area contributed by atoms with Crippen molar-refractivity contribution in [3.8, 4) is 5.75 Å². The van der Waals surface area contributed by atoms with E-state index < -0.39 is 17.8 Å². The van der Waals surface area contributed by atoms with E-state index in [4.69, 9.17) is 4.74 Å². The average molecular weight is 361 g/mol. The van der Waals surface area contributed by atoms with Crippen molar-refractivity contribution in [1.29, 1.82) is 0 Å². The van der Waals surface area contributed by atoms with Crippen LogP contribution in [0.25, 0.3) is 0 Å². The molecule has 1 N–H and O–H groups in total. The minimum Gasteiger partial charge on any atom is -0.496 e. The van der Waals surface area contributed by atoms with Crippen molar-refractivity contribution in [1.82, 2.24) is 0 Å². The largest absolute Gasteiger partial charge is 0.496 e. The number of rotatable bonds is 3. The lowest BCUT2D eigenvalue weighted by Gasteiger charge is -2.16. The van der Waals surface area contributed by atoms with Crippen molar-refractivity contribution in [2.45, 2.75) is 12.3 Å². The van der Waals surface area contributed by atoms with Gasteiger partial charge in [-0.1, -0.05) is 28.1 Å². The molecule has 2 nitrogen and oxygen atoms in total. The lowest BCUT2D eigenvalue weighted by atomic mass is 9.99. The molecule has 0 spiro atoms. The molecule has 0 aliphatic carbocycles. The molecule has 0 bridgehead atoms. The van der Waals surface area contributed by atoms with Crippen molar-refractivity contribution in [2.75, 3.05) is 7.11 Å². The molecular weight excluding hydrogens is 349 g/mol. The third-order valence-electron chi connectivity index (χ3n) is 3.04. The molecule has 0 saturated carbocycles. The fourth-order valence-electron chi connectivity index (χ4n) is 1.95. The Morgan fingerprint density at radius 3 is 2.24 bits per heavy atom. The topological polar surface area (TPSA) is 29.5 Å². The maximum absolute atomic E-state index is 12.5. The normalized spacial score (nSPS) is 13.0. The van der Waals surface area contributed by atoms with E-state index in [0.717, 1.165) is 16.6 Å². The van der Waals surface area contributed by atoms with E-state index in [2.05, 4.69) is 15.9 Å². The highest BCUT2D eigenvalue weighted by atomic mass is 79.9. The molecule has 6 heteroatoms. The van der Waals surface area contributed by atoms with E-state index in [1.165, 1.54) is 19.2 Å². The number of halogens is 4. The van der Waals surface area contributed by atoms with Gasteiger partial charge in [0.1, 0.15) is 11.9 Å². The molecule has 2 aromatic rings. The standard InChI is InChI=1S/C15H12BrF3O2/c1-21-13-7-6-11(16)8-12(13)14(20)9-2-4-10(5-3-9)15(17,18)19/h2-8,14,20H,1H3. The summed E-state index contributed by atoms with van der Waals surface area (Å²) in [5.74, 6) is 0.464. The summed E-state index contributed by atoms with van der Waals surface area (Å²) in [7, 11) is 1.46. The van der Waals surface area contributed by atoms with Crippen molar-refractivity contribution in [3.63, 3.8) is 0 Å². The second-order valence-corrected chi connectivity index (χ2v) is 5.32. The maximum atomic E-state index is 12.5. The van der Waals surface area contributed by atoms with Crippen LogP contribution in [-0.4, -0.2) is 12.2 Å². The molecule has 0 aliphatic rings. The highest BCUT2D eigenvalue weighted by Gasteiger charge is 2.30. The minimum absolute atomic E-state index is 0.361. The van der Waals surface area contributed by atoms with Gasteiger partial charge >= 0.3 is 6.18 Å². The molecule has 0 aliphatic heterocycles. The lowest BCUT2D eigenvalue weighted by molar-refractivity contribution is -0.137. The Morgan fingerprint density at radius 1 is 1.10 bits per heavy atom. The summed E-state index contributed by atoms with van der Waals surface area (Å²) in [5.41, 5.74) is 0.0886. The lowest BCUT2D eigenvalue weighted by Crippen LogP contribution is -2.06. The van der Waals surface area contributed by atoms with Crippen molar-refractivity contribution >= 4 is 15.9 Å². The number of ether oxygens (including phenoxy) is 1. The molecule has 0 amide bonds. The van der Waals surface area contributed by atoms with E-state index in [9.17, 15) is 18.3 Å². The predicted molar refractivity (Wildman–Crippen MR) is 76.2 cm³/mol. The zero-order chi connectivity index (χ0) is 15.6. The molecule has 0 radical (unpaired) electrons. The summed E-state index contributed by atoms with van der Waals surface area (Å²) in [5, 5.41) is 10.3. The first-order chi connectivity index (χ1) is 9.82. The Labute approximate surface area is 128 Å². The van der Waals surface area contributed by atoms with Crippen LogP contribution in [0.2, 0.25) is 0 Å². The van der Waals surface area contributed by atoms with Crippen LogP contribution in [0.1, 0.15) is 22.8 Å². The van der Waals surface area contributed by atoms with Crippen LogP contribution in [0.15, 0.2) is 46.9 Å². The van der Waals surface area contributed by atoms with Crippen molar-refractivity contribution < 1.29 is 23.0 Å². The molecule has 0 aromatic heterocycles. The first-order valence-corrected chi connectivity index (χ1v) is 6.81. The fraction of sp³-hybridized carbons (Fsp3) is 0.200. The van der Waals surface area contributed by atoms with Crippen LogP contribution >= 0.6 is 15.9 Å². The molecule has 21 heavy (non-hydrogen) atoms. The van der Waals surface area contributed by atoms with Gasteiger partial charge in [0.2, 0.25) is 0 Å². The maximum Gasteiger partial charge on any atom is 0.416 e. The Bertz CT molecular complexity index is 624. The Morgan fingerprint density at radius 2 is 1.71 bits per heavy atom. The van der Waals surface area contributed by atoms with Gasteiger partial charge in [-0.05, 0) is 35.9 Å². The summed E-state index contributed by atoms with van der Waals surface area (Å²) >= 11 is 3.29. The molecular formula is C15H12BrF3O2. The summed E-state index contributed by atoms with van der Waals surface area (Å²) in [6.07, 6.45) is -5.46. The van der Waals surface area contributed by atoms with E-state index in [0.29, 0.717) is 16.9 Å². The summed E-state index contributed by atoms with van der Waals surface area (Å²) in [6, 6.07) is 9.50. The Balaban J connectivity index is 2.36. The quantitative estimate of drug-likeness (QED) is 0.869. The number of methoxy groups -OCH3 is 1.